The molecule has 1 aromatic carbocycles. The van der Waals surface area contributed by atoms with E-state index in [9.17, 15) is 9.59 Å². The van der Waals surface area contributed by atoms with Crippen LogP contribution in [0.5, 0.6) is 5.75 Å². The highest BCUT2D eigenvalue weighted by Crippen LogP contribution is 2.35. The van der Waals surface area contributed by atoms with Gasteiger partial charge in [-0.1, -0.05) is 125 Å². The number of pyridine rings is 1. The van der Waals surface area contributed by atoms with Gasteiger partial charge in [-0.2, -0.15) is 4.99 Å². The molecule has 0 aliphatic heterocycles. The van der Waals surface area contributed by atoms with Crippen LogP contribution >= 0.6 is 0 Å². The summed E-state index contributed by atoms with van der Waals surface area (Å²) in [6, 6.07) is 9.34. The lowest BCUT2D eigenvalue weighted by Crippen LogP contribution is -2.23. The summed E-state index contributed by atoms with van der Waals surface area (Å²) in [5.74, 6) is 2.28. The highest BCUT2D eigenvalue weighted by atomic mass is 16.5. The van der Waals surface area contributed by atoms with Crippen LogP contribution in [-0.2, 0) is 11.2 Å². The standard InChI is InChI=1S/C25H33N5O2.C10H14N2O.C9H20.C3H8.C2H6/c1-6-8-10-17(7-2)19-11-9-12-20(24(19)32-5)29-21(23(27)16(3)28-4)15-22(26)30-25(31)18-13-14-18;1-4-9-8(6-5-7-11-9)10(13)12(2)3;1-5-8(3)7-9(4)6-2;1-3-2;1-2/h7-12,15,18,27-29H,3,6,13-14H2,1-2,4-5H3,(H2,26,30,31);5-7H,4H2,1-3H3;8-9H,5-7H2,1-4H3;3H2,1-2H3;1-2H3/b10-8-,17-7+,21-15+,27-23?;;;;. The van der Waals surface area contributed by atoms with Crippen molar-refractivity contribution in [2.75, 3.05) is 33.6 Å². The van der Waals surface area contributed by atoms with Crippen molar-refractivity contribution in [3.63, 3.8) is 0 Å². The molecule has 330 valence electrons. The summed E-state index contributed by atoms with van der Waals surface area (Å²) in [4.78, 5) is 33.3. The fraction of sp³-hybridized carbons (Fsp3) is 0.531. The lowest BCUT2D eigenvalue weighted by molar-refractivity contribution is -0.118. The van der Waals surface area contributed by atoms with E-state index in [1.54, 1.807) is 45.4 Å². The Morgan fingerprint density at radius 3 is 2.07 bits per heavy atom. The normalized spacial score (nSPS) is 13.3. The smallest absolute Gasteiger partial charge is 0.255 e. The number of benzene rings is 1. The van der Waals surface area contributed by atoms with E-state index < -0.39 is 0 Å². The van der Waals surface area contributed by atoms with Gasteiger partial charge in [-0.25, -0.2) is 0 Å². The molecule has 3 rings (SSSR count). The number of carbonyl (C=O) groups excluding carboxylic acids is 2. The zero-order valence-corrected chi connectivity index (χ0v) is 39.5. The van der Waals surface area contributed by atoms with E-state index >= 15 is 0 Å². The first-order chi connectivity index (χ1) is 28.1. The highest BCUT2D eigenvalue weighted by molar-refractivity contribution is 6.15. The molecular weight excluding hydrogens is 735 g/mol. The van der Waals surface area contributed by atoms with E-state index in [1.165, 1.54) is 31.8 Å². The summed E-state index contributed by atoms with van der Waals surface area (Å²) in [6.45, 7) is 27.4. The van der Waals surface area contributed by atoms with Crippen LogP contribution in [0.4, 0.5) is 5.69 Å². The van der Waals surface area contributed by atoms with Gasteiger partial charge in [0.15, 0.2) is 0 Å². The number of amidine groups is 1. The maximum atomic E-state index is 12.0. The summed E-state index contributed by atoms with van der Waals surface area (Å²) >= 11 is 0. The Kier molecular flexibility index (Phi) is 31.3. The van der Waals surface area contributed by atoms with E-state index in [4.69, 9.17) is 15.9 Å². The Hall–Kier alpha value is -4.99. The summed E-state index contributed by atoms with van der Waals surface area (Å²) in [6.07, 6.45) is 18.1. The minimum absolute atomic E-state index is 0.0185. The Bertz CT molecular complexity index is 1660. The molecule has 0 bridgehead atoms. The predicted octanol–water partition coefficient (Wildman–Crippen LogP) is 11.7. The minimum Gasteiger partial charge on any atom is -0.494 e. The predicted molar refractivity (Wildman–Crippen MR) is 256 cm³/mol. The molecule has 2 amide bonds. The summed E-state index contributed by atoms with van der Waals surface area (Å²) in [5, 5.41) is 14.6. The van der Waals surface area contributed by atoms with E-state index in [2.05, 4.69) is 87.8 Å². The number of aliphatic imine (C=N–C) groups is 1. The number of methoxy groups -OCH3 is 1. The molecule has 1 saturated carbocycles. The molecule has 1 fully saturated rings. The van der Waals surface area contributed by atoms with Crippen LogP contribution in [0.1, 0.15) is 143 Å². The number of nitrogens with two attached hydrogens (primary N) is 1. The maximum Gasteiger partial charge on any atom is 0.255 e. The van der Waals surface area contributed by atoms with Gasteiger partial charge < -0.3 is 26.0 Å². The Morgan fingerprint density at radius 2 is 1.61 bits per heavy atom. The monoisotopic (exact) mass is 816 g/mol. The second kappa shape index (κ2) is 32.9. The molecule has 0 saturated heterocycles. The number of rotatable bonds is 17. The summed E-state index contributed by atoms with van der Waals surface area (Å²) in [7, 11) is 6.78. The van der Waals surface area contributed by atoms with Gasteiger partial charge in [0.1, 0.15) is 17.3 Å². The highest BCUT2D eigenvalue weighted by Gasteiger charge is 2.29. The number of amides is 2. The van der Waals surface area contributed by atoms with Crippen molar-refractivity contribution in [3.05, 3.63) is 95.6 Å². The number of carbonyl (C=O) groups is 2. The van der Waals surface area contributed by atoms with Crippen molar-refractivity contribution >= 4 is 34.6 Å². The molecule has 0 radical (unpaired) electrons. The van der Waals surface area contributed by atoms with Crippen molar-refractivity contribution in [1.82, 2.24) is 15.2 Å². The summed E-state index contributed by atoms with van der Waals surface area (Å²) < 4.78 is 5.73. The number of hydrogen-bond donors (Lipinski definition) is 4. The van der Waals surface area contributed by atoms with Crippen molar-refractivity contribution in [1.29, 1.82) is 5.41 Å². The molecule has 0 spiro atoms. The average molecular weight is 816 g/mol. The first-order valence-corrected chi connectivity index (χ1v) is 21.6. The number of ether oxygens (including phenoxy) is 1. The molecule has 10 heteroatoms. The molecule has 5 N–H and O–H groups in total. The number of aryl methyl sites for hydroxylation is 1. The lowest BCUT2D eigenvalue weighted by Gasteiger charge is -2.19. The third-order valence-electron chi connectivity index (χ3n) is 9.03. The van der Waals surface area contributed by atoms with Crippen LogP contribution in [-0.4, -0.2) is 61.5 Å². The topological polar surface area (TPSA) is 146 Å². The molecule has 59 heavy (non-hydrogen) atoms. The van der Waals surface area contributed by atoms with Gasteiger partial charge in [0.2, 0.25) is 0 Å². The van der Waals surface area contributed by atoms with Crippen LogP contribution in [0.25, 0.3) is 5.57 Å². The minimum atomic E-state index is -0.225. The lowest BCUT2D eigenvalue weighted by atomic mass is 9.94. The molecule has 1 heterocycles. The number of anilines is 1. The van der Waals surface area contributed by atoms with Crippen molar-refractivity contribution in [2.24, 2.45) is 28.5 Å². The third-order valence-corrected chi connectivity index (χ3v) is 9.03. The van der Waals surface area contributed by atoms with Gasteiger partial charge in [-0.3, -0.25) is 20.0 Å². The van der Waals surface area contributed by atoms with Crippen molar-refractivity contribution < 1.29 is 14.3 Å². The van der Waals surface area contributed by atoms with E-state index in [1.807, 2.05) is 58.0 Å². The molecule has 1 aromatic heterocycles. The fourth-order valence-electron chi connectivity index (χ4n) is 5.18. The number of aromatic nitrogens is 1. The number of allylic oxidation sites excluding steroid dienone is 4. The van der Waals surface area contributed by atoms with Gasteiger partial charge >= 0.3 is 0 Å². The molecule has 2 aromatic rings. The van der Waals surface area contributed by atoms with Gasteiger partial charge in [-0.15, -0.1) is 0 Å². The zero-order chi connectivity index (χ0) is 45.5. The Labute approximate surface area is 359 Å². The fourth-order valence-corrected chi connectivity index (χ4v) is 5.18. The van der Waals surface area contributed by atoms with Gasteiger partial charge in [0.05, 0.1) is 35.4 Å². The maximum absolute atomic E-state index is 12.0. The SMILES string of the molecule is C=C(NC)C(=N)/C(=C\C(N)=NC(=O)C1CC1)Nc1cccc(C(/C=C\CC)=C/C)c1OC.CC.CCC.CCC(C)CC(C)CC.CCc1ncccc1C(=O)N(C)C. The van der Waals surface area contributed by atoms with Crippen LogP contribution < -0.4 is 21.1 Å². The number of para-hydroxylation sites is 1. The second-order valence-corrected chi connectivity index (χ2v) is 14.4. The van der Waals surface area contributed by atoms with Crippen LogP contribution in [0.2, 0.25) is 0 Å². The first kappa shape index (κ1) is 56.1. The third kappa shape index (κ3) is 22.1. The Morgan fingerprint density at radius 1 is 1.03 bits per heavy atom. The largest absolute Gasteiger partial charge is 0.494 e. The van der Waals surface area contributed by atoms with Crippen molar-refractivity contribution in [2.45, 2.75) is 128 Å². The van der Waals surface area contributed by atoms with Crippen LogP contribution in [0.15, 0.2) is 83.8 Å². The zero-order valence-electron chi connectivity index (χ0n) is 39.5. The Balaban J connectivity index is 0. The number of hydrogen-bond acceptors (Lipinski definition) is 7. The number of nitrogens with one attached hydrogen (secondary N) is 3. The van der Waals surface area contributed by atoms with Gasteiger partial charge in [0.25, 0.3) is 11.8 Å². The average Bonchev–Trinajstić information content (AvgIpc) is 4.10. The quantitative estimate of drug-likeness (QED) is 0.0706. The summed E-state index contributed by atoms with van der Waals surface area (Å²) in [5.41, 5.74) is 11.0. The van der Waals surface area contributed by atoms with E-state index in [0.717, 1.165) is 54.3 Å². The molecule has 2 atom stereocenters. The molecule has 10 nitrogen and oxygen atoms in total. The van der Waals surface area contributed by atoms with Gasteiger partial charge in [-0.05, 0) is 74.6 Å². The molecular formula is C49H81N7O3. The molecule has 1 aliphatic carbocycles. The van der Waals surface area contributed by atoms with E-state index in [-0.39, 0.29) is 29.3 Å². The van der Waals surface area contributed by atoms with Crippen molar-refractivity contribution in [3.8, 4) is 5.75 Å². The molecule has 2 unspecified atom stereocenters. The molecule has 1 aliphatic rings. The first-order valence-electron chi connectivity index (χ1n) is 21.6. The number of nitrogens with zero attached hydrogens (tertiary/aromatic N) is 3. The second-order valence-electron chi connectivity index (χ2n) is 14.4. The van der Waals surface area contributed by atoms with Gasteiger partial charge in [0, 0.05) is 44.9 Å². The van der Waals surface area contributed by atoms with Crippen LogP contribution in [0.3, 0.4) is 0 Å². The van der Waals surface area contributed by atoms with Crippen LogP contribution in [0, 0.1) is 23.2 Å². The van der Waals surface area contributed by atoms with E-state index in [0.29, 0.717) is 28.4 Å².